The molecule has 0 fully saturated rings. The molecule has 8 heteroatoms. The first-order valence-corrected chi connectivity index (χ1v) is 5.81. The number of esters is 1. The van der Waals surface area contributed by atoms with Crippen molar-refractivity contribution in [1.82, 2.24) is 0 Å². The monoisotopic (exact) mass is 258 g/mol. The molecule has 88 valence electrons. The van der Waals surface area contributed by atoms with E-state index in [1.807, 2.05) is 0 Å². The predicted molar refractivity (Wildman–Crippen MR) is 53.3 cm³/mol. The Morgan fingerprint density at radius 2 is 1.93 bits per heavy atom. The summed E-state index contributed by atoms with van der Waals surface area (Å²) in [6, 6.07) is 0. The van der Waals surface area contributed by atoms with Crippen LogP contribution < -0.4 is 0 Å². The number of hydrogen-bond acceptors (Lipinski definition) is 6. The maximum absolute atomic E-state index is 11.5. The zero-order valence-electron chi connectivity index (χ0n) is 8.56. The first-order valence-electron chi connectivity index (χ1n) is 3.91. The van der Waals surface area contributed by atoms with Gasteiger partial charge < -0.3 is 9.26 Å². The summed E-state index contributed by atoms with van der Waals surface area (Å²) in [7, 11) is -1.56. The van der Waals surface area contributed by atoms with E-state index in [0.717, 1.165) is 19.8 Å². The lowest BCUT2D eigenvalue weighted by Gasteiger charge is -2.14. The van der Waals surface area contributed by atoms with Crippen molar-refractivity contribution in [3.8, 4) is 0 Å². The van der Waals surface area contributed by atoms with Gasteiger partial charge in [-0.05, 0) is 6.92 Å². The molecule has 0 N–H and O–H groups in total. The van der Waals surface area contributed by atoms with Crippen LogP contribution in [0.15, 0.2) is 11.3 Å². The van der Waals surface area contributed by atoms with Crippen LogP contribution in [0.2, 0.25) is 0 Å². The third-order valence-electron chi connectivity index (χ3n) is 1.23. The SMILES string of the molecule is CCOC(=O)C(=CCl)OP(=O)(OC)OC. The van der Waals surface area contributed by atoms with E-state index >= 15 is 0 Å². The minimum atomic E-state index is -3.78. The van der Waals surface area contributed by atoms with Crippen LogP contribution in [-0.4, -0.2) is 26.8 Å². The molecular weight excluding hydrogens is 246 g/mol. The third-order valence-corrected chi connectivity index (χ3v) is 2.75. The molecule has 0 aliphatic rings. The minimum Gasteiger partial charge on any atom is -0.460 e. The third kappa shape index (κ3) is 4.66. The predicted octanol–water partition coefficient (Wildman–Crippen LogP) is 2.05. The van der Waals surface area contributed by atoms with Gasteiger partial charge in [-0.25, -0.2) is 9.36 Å². The molecule has 0 bridgehead atoms. The van der Waals surface area contributed by atoms with Crippen molar-refractivity contribution in [1.29, 1.82) is 0 Å². The molecule has 6 nitrogen and oxygen atoms in total. The maximum Gasteiger partial charge on any atom is 0.529 e. The van der Waals surface area contributed by atoms with Gasteiger partial charge in [0.25, 0.3) is 0 Å². The van der Waals surface area contributed by atoms with Gasteiger partial charge in [0.15, 0.2) is 0 Å². The number of phosphoric ester groups is 1. The summed E-state index contributed by atoms with van der Waals surface area (Å²) in [4.78, 5) is 11.2. The number of carbonyl (C=O) groups excluding carboxylic acids is 1. The summed E-state index contributed by atoms with van der Waals surface area (Å²) in [5.41, 5.74) is 0.794. The molecule has 0 saturated carbocycles. The molecule has 0 aromatic rings. The largest absolute Gasteiger partial charge is 0.529 e. The molecule has 0 aliphatic heterocycles. The molecule has 15 heavy (non-hydrogen) atoms. The molecule has 0 rings (SSSR count). The highest BCUT2D eigenvalue weighted by atomic mass is 35.5. The van der Waals surface area contributed by atoms with Gasteiger partial charge in [0.05, 0.1) is 12.1 Å². The van der Waals surface area contributed by atoms with Crippen molar-refractivity contribution < 1.29 is 27.7 Å². The van der Waals surface area contributed by atoms with Crippen molar-refractivity contribution in [2.45, 2.75) is 6.92 Å². The van der Waals surface area contributed by atoms with Crippen LogP contribution in [0.4, 0.5) is 0 Å². The molecule has 0 unspecified atom stereocenters. The molecule has 0 spiro atoms. The van der Waals surface area contributed by atoms with Crippen molar-refractivity contribution >= 4 is 25.4 Å². The smallest absolute Gasteiger partial charge is 0.460 e. The van der Waals surface area contributed by atoms with E-state index in [1.54, 1.807) is 6.92 Å². The van der Waals surface area contributed by atoms with E-state index in [2.05, 4.69) is 18.3 Å². The van der Waals surface area contributed by atoms with Gasteiger partial charge in [-0.15, -0.1) is 0 Å². The van der Waals surface area contributed by atoms with Crippen LogP contribution >= 0.6 is 19.4 Å². The minimum absolute atomic E-state index is 0.140. The second-order valence-electron chi connectivity index (χ2n) is 2.10. The van der Waals surface area contributed by atoms with Crippen LogP contribution in [0.1, 0.15) is 6.92 Å². The van der Waals surface area contributed by atoms with E-state index < -0.39 is 19.6 Å². The highest BCUT2D eigenvalue weighted by Crippen LogP contribution is 2.49. The van der Waals surface area contributed by atoms with Gasteiger partial charge in [-0.3, -0.25) is 9.05 Å². The first kappa shape index (κ1) is 14.5. The topological polar surface area (TPSA) is 71.1 Å². The second-order valence-corrected chi connectivity index (χ2v) is 4.12. The Kier molecular flexibility index (Phi) is 6.60. The summed E-state index contributed by atoms with van der Waals surface area (Å²) in [6.07, 6.45) is 0. The van der Waals surface area contributed by atoms with E-state index in [-0.39, 0.29) is 6.61 Å². The summed E-state index contributed by atoms with van der Waals surface area (Å²) in [6.45, 7) is 1.75. The lowest BCUT2D eigenvalue weighted by atomic mass is 10.6. The normalized spacial score (nSPS) is 12.4. The Balaban J connectivity index is 4.60. The molecule has 0 heterocycles. The molecule has 0 aromatic carbocycles. The number of rotatable bonds is 6. The van der Waals surface area contributed by atoms with Gasteiger partial charge in [0.2, 0.25) is 5.76 Å². The fourth-order valence-electron chi connectivity index (χ4n) is 0.573. The molecule has 0 aromatic heterocycles. The molecule has 0 aliphatic carbocycles. The van der Waals surface area contributed by atoms with E-state index in [0.29, 0.717) is 0 Å². The van der Waals surface area contributed by atoms with E-state index in [9.17, 15) is 9.36 Å². The number of halogens is 1. The standard InChI is InChI=1S/C7H12ClO6P/c1-4-13-7(9)6(5-8)14-15(10,11-2)12-3/h5H,4H2,1-3H3. The summed E-state index contributed by atoms with van der Waals surface area (Å²) in [5, 5.41) is 0. The first-order chi connectivity index (χ1) is 7.02. The fraction of sp³-hybridized carbons (Fsp3) is 0.571. The fourth-order valence-corrected chi connectivity index (χ4v) is 1.44. The van der Waals surface area contributed by atoms with Crippen LogP contribution in [-0.2, 0) is 27.7 Å². The lowest BCUT2D eigenvalue weighted by Crippen LogP contribution is -2.10. The Morgan fingerprint density at radius 3 is 2.27 bits per heavy atom. The van der Waals surface area contributed by atoms with Crippen molar-refractivity contribution in [3.05, 3.63) is 11.3 Å². The Morgan fingerprint density at radius 1 is 1.40 bits per heavy atom. The van der Waals surface area contributed by atoms with Gasteiger partial charge in [0.1, 0.15) is 0 Å². The average molecular weight is 259 g/mol. The van der Waals surface area contributed by atoms with Gasteiger partial charge in [-0.2, -0.15) is 0 Å². The number of carbonyl (C=O) groups is 1. The van der Waals surface area contributed by atoms with Gasteiger partial charge >= 0.3 is 13.8 Å². The second kappa shape index (κ2) is 6.85. The lowest BCUT2D eigenvalue weighted by molar-refractivity contribution is -0.141. The van der Waals surface area contributed by atoms with Crippen molar-refractivity contribution in [3.63, 3.8) is 0 Å². The Labute approximate surface area is 92.7 Å². The number of phosphoric acid groups is 1. The Bertz CT molecular complexity index is 281. The average Bonchev–Trinajstić information content (AvgIpc) is 2.26. The number of ether oxygens (including phenoxy) is 1. The van der Waals surface area contributed by atoms with Gasteiger partial charge in [-0.1, -0.05) is 11.6 Å². The number of hydrogen-bond donors (Lipinski definition) is 0. The van der Waals surface area contributed by atoms with Crippen LogP contribution in [0.3, 0.4) is 0 Å². The molecular formula is C7H12ClO6P. The maximum atomic E-state index is 11.5. The van der Waals surface area contributed by atoms with Crippen molar-refractivity contribution in [2.24, 2.45) is 0 Å². The molecule has 0 amide bonds. The summed E-state index contributed by atoms with van der Waals surface area (Å²) < 4.78 is 29.6. The van der Waals surface area contributed by atoms with Crippen LogP contribution in [0.25, 0.3) is 0 Å². The van der Waals surface area contributed by atoms with Gasteiger partial charge in [0, 0.05) is 14.2 Å². The van der Waals surface area contributed by atoms with Crippen molar-refractivity contribution in [2.75, 3.05) is 20.8 Å². The molecule has 0 atom stereocenters. The van der Waals surface area contributed by atoms with E-state index in [1.165, 1.54) is 0 Å². The zero-order valence-corrected chi connectivity index (χ0v) is 10.2. The summed E-state index contributed by atoms with van der Waals surface area (Å²) >= 11 is 5.30. The quantitative estimate of drug-likeness (QED) is 0.314. The zero-order chi connectivity index (χ0) is 11.9. The van der Waals surface area contributed by atoms with Crippen LogP contribution in [0, 0.1) is 0 Å². The highest BCUT2D eigenvalue weighted by molar-refractivity contribution is 7.48. The Hall–Kier alpha value is -0.550. The highest BCUT2D eigenvalue weighted by Gasteiger charge is 2.29. The molecule has 0 saturated heterocycles. The van der Waals surface area contributed by atoms with E-state index in [4.69, 9.17) is 11.6 Å². The molecule has 0 radical (unpaired) electrons. The summed E-state index contributed by atoms with van der Waals surface area (Å²) in [5.74, 6) is -1.28. The van der Waals surface area contributed by atoms with Crippen LogP contribution in [0.5, 0.6) is 0 Å².